The third kappa shape index (κ3) is 2.84. The van der Waals surface area contributed by atoms with Crippen LogP contribution in [0.2, 0.25) is 0 Å². The number of hydrogen-bond acceptors (Lipinski definition) is 5. The van der Waals surface area contributed by atoms with Crippen LogP contribution in [0, 0.1) is 18.6 Å². The van der Waals surface area contributed by atoms with Crippen molar-refractivity contribution in [1.82, 2.24) is 9.97 Å². The topological polar surface area (TPSA) is 68.0 Å². The van der Waals surface area contributed by atoms with E-state index in [2.05, 4.69) is 15.3 Å². The Morgan fingerprint density at radius 2 is 1.96 bits per heavy atom. The first kappa shape index (κ1) is 16.3. The highest BCUT2D eigenvalue weighted by atomic mass is 32.1. The van der Waals surface area contributed by atoms with Gasteiger partial charge in [0.1, 0.15) is 22.7 Å². The zero-order valence-electron chi connectivity index (χ0n) is 13.4. The number of carbonyl (C=O) groups is 1. The summed E-state index contributed by atoms with van der Waals surface area (Å²) in [6, 6.07) is 6.99. The minimum Gasteiger partial charge on any atom is -0.443 e. The maximum Gasteiger partial charge on any atom is 0.263 e. The van der Waals surface area contributed by atoms with E-state index in [9.17, 15) is 13.6 Å². The molecule has 0 atom stereocenters. The molecule has 1 N–H and O–H groups in total. The third-order valence-corrected chi connectivity index (χ3v) is 4.80. The number of nitrogens with one attached hydrogen (secondary N) is 1. The standard InChI is InChI=1S/C18H11F2N3O2S/c1-9-5-14-13(22-8-25-14)6-10(9)15-7-21-18(26-15)23-17(24)16-11(19)3-2-4-12(16)20/h2-8H,1H3,(H,21,23,24). The normalized spacial score (nSPS) is 11.0. The van der Waals surface area contributed by atoms with E-state index in [0.29, 0.717) is 11.1 Å². The average Bonchev–Trinajstić information content (AvgIpc) is 3.22. The first-order valence-corrected chi connectivity index (χ1v) is 8.40. The number of nitrogens with zero attached hydrogens (tertiary/aromatic N) is 2. The zero-order valence-corrected chi connectivity index (χ0v) is 14.2. The van der Waals surface area contributed by atoms with Gasteiger partial charge in [-0.3, -0.25) is 10.1 Å². The fourth-order valence-electron chi connectivity index (χ4n) is 2.60. The second kappa shape index (κ2) is 6.30. The van der Waals surface area contributed by atoms with Gasteiger partial charge in [0.05, 0.1) is 4.88 Å². The molecule has 8 heteroatoms. The van der Waals surface area contributed by atoms with Crippen LogP contribution in [0.4, 0.5) is 13.9 Å². The van der Waals surface area contributed by atoms with Crippen LogP contribution >= 0.6 is 11.3 Å². The molecule has 0 saturated carbocycles. The number of amides is 1. The van der Waals surface area contributed by atoms with E-state index in [1.54, 1.807) is 6.20 Å². The van der Waals surface area contributed by atoms with Gasteiger partial charge >= 0.3 is 0 Å². The minimum absolute atomic E-state index is 0.243. The van der Waals surface area contributed by atoms with Gasteiger partial charge in [0.15, 0.2) is 17.1 Å². The number of benzene rings is 2. The molecule has 0 bridgehead atoms. The van der Waals surface area contributed by atoms with Gasteiger partial charge < -0.3 is 4.42 Å². The molecule has 0 aliphatic heterocycles. The molecule has 0 radical (unpaired) electrons. The van der Waals surface area contributed by atoms with Crippen molar-refractivity contribution in [3.8, 4) is 10.4 Å². The van der Waals surface area contributed by atoms with Gasteiger partial charge in [-0.15, -0.1) is 0 Å². The first-order chi connectivity index (χ1) is 12.5. The Kier molecular flexibility index (Phi) is 3.96. The molecule has 2 aromatic carbocycles. The number of aromatic nitrogens is 2. The van der Waals surface area contributed by atoms with Gasteiger partial charge in [-0.25, -0.2) is 18.7 Å². The van der Waals surface area contributed by atoms with Crippen molar-refractivity contribution in [2.45, 2.75) is 6.92 Å². The molecule has 4 rings (SSSR count). The number of anilines is 1. The number of carbonyl (C=O) groups excluding carboxylic acids is 1. The molecule has 0 fully saturated rings. The van der Waals surface area contributed by atoms with E-state index in [0.717, 1.165) is 28.1 Å². The molecule has 130 valence electrons. The minimum atomic E-state index is -0.924. The van der Waals surface area contributed by atoms with Crippen molar-refractivity contribution in [1.29, 1.82) is 0 Å². The second-order valence-electron chi connectivity index (χ2n) is 5.57. The zero-order chi connectivity index (χ0) is 18.3. The molecule has 0 unspecified atom stereocenters. The number of thiazole rings is 1. The summed E-state index contributed by atoms with van der Waals surface area (Å²) in [7, 11) is 0. The van der Waals surface area contributed by atoms with Gasteiger partial charge in [0.2, 0.25) is 0 Å². The summed E-state index contributed by atoms with van der Waals surface area (Å²) < 4.78 is 32.7. The summed E-state index contributed by atoms with van der Waals surface area (Å²) >= 11 is 1.20. The molecule has 26 heavy (non-hydrogen) atoms. The molecule has 5 nitrogen and oxygen atoms in total. The van der Waals surface area contributed by atoms with Crippen LogP contribution in [-0.2, 0) is 0 Å². The second-order valence-corrected chi connectivity index (χ2v) is 6.60. The van der Waals surface area contributed by atoms with Crippen LogP contribution in [-0.4, -0.2) is 15.9 Å². The van der Waals surface area contributed by atoms with Crippen molar-refractivity contribution in [2.75, 3.05) is 5.32 Å². The van der Waals surface area contributed by atoms with Crippen molar-refractivity contribution < 1.29 is 18.0 Å². The van der Waals surface area contributed by atoms with E-state index >= 15 is 0 Å². The number of hydrogen-bond donors (Lipinski definition) is 1. The summed E-state index contributed by atoms with van der Waals surface area (Å²) in [5.41, 5.74) is 2.60. The summed E-state index contributed by atoms with van der Waals surface area (Å²) in [5, 5.41) is 2.68. The summed E-state index contributed by atoms with van der Waals surface area (Å²) in [4.78, 5) is 21.2. The summed E-state index contributed by atoms with van der Waals surface area (Å²) in [6.45, 7) is 1.92. The maximum absolute atomic E-state index is 13.7. The Hall–Kier alpha value is -3.13. The largest absolute Gasteiger partial charge is 0.443 e. The molecule has 0 saturated heterocycles. The Morgan fingerprint density at radius 1 is 1.19 bits per heavy atom. The van der Waals surface area contributed by atoms with Crippen molar-refractivity contribution in [3.05, 3.63) is 65.7 Å². The van der Waals surface area contributed by atoms with E-state index in [1.807, 2.05) is 19.1 Å². The van der Waals surface area contributed by atoms with Crippen LogP contribution in [0.1, 0.15) is 15.9 Å². The van der Waals surface area contributed by atoms with Gasteiger partial charge in [-0.1, -0.05) is 17.4 Å². The lowest BCUT2D eigenvalue weighted by atomic mass is 10.1. The number of oxazole rings is 1. The first-order valence-electron chi connectivity index (χ1n) is 7.58. The van der Waals surface area contributed by atoms with E-state index in [1.165, 1.54) is 23.8 Å². The number of aryl methyl sites for hydroxylation is 1. The lowest BCUT2D eigenvalue weighted by Crippen LogP contribution is -2.15. The molecule has 2 aromatic heterocycles. The molecule has 2 heterocycles. The van der Waals surface area contributed by atoms with Crippen LogP contribution in [0.15, 0.2) is 47.3 Å². The Balaban J connectivity index is 1.63. The lowest BCUT2D eigenvalue weighted by Gasteiger charge is -2.04. The average molecular weight is 371 g/mol. The van der Waals surface area contributed by atoms with Crippen LogP contribution < -0.4 is 5.32 Å². The fraction of sp³-hybridized carbons (Fsp3) is 0.0556. The van der Waals surface area contributed by atoms with Crippen LogP contribution in [0.5, 0.6) is 0 Å². The van der Waals surface area contributed by atoms with Crippen LogP contribution in [0.3, 0.4) is 0 Å². The summed E-state index contributed by atoms with van der Waals surface area (Å²) in [6.07, 6.45) is 2.96. The lowest BCUT2D eigenvalue weighted by molar-refractivity contribution is 0.101. The smallest absolute Gasteiger partial charge is 0.263 e. The van der Waals surface area contributed by atoms with E-state index in [4.69, 9.17) is 4.42 Å². The molecule has 4 aromatic rings. The summed E-state index contributed by atoms with van der Waals surface area (Å²) in [5.74, 6) is -2.73. The number of rotatable bonds is 3. The maximum atomic E-state index is 13.7. The third-order valence-electron chi connectivity index (χ3n) is 3.86. The molecular formula is C18H11F2N3O2S. The Bertz CT molecular complexity index is 1120. The van der Waals surface area contributed by atoms with Crippen molar-refractivity contribution in [3.63, 3.8) is 0 Å². The van der Waals surface area contributed by atoms with E-state index < -0.39 is 23.1 Å². The molecule has 1 amide bonds. The predicted molar refractivity (Wildman–Crippen MR) is 94.2 cm³/mol. The van der Waals surface area contributed by atoms with Crippen LogP contribution in [0.25, 0.3) is 21.5 Å². The highest BCUT2D eigenvalue weighted by Crippen LogP contribution is 2.33. The monoisotopic (exact) mass is 371 g/mol. The Labute approximate surface area is 150 Å². The molecular weight excluding hydrogens is 360 g/mol. The predicted octanol–water partition coefficient (Wildman–Crippen LogP) is 4.79. The van der Waals surface area contributed by atoms with Gasteiger partial charge in [0, 0.05) is 6.20 Å². The van der Waals surface area contributed by atoms with Gasteiger partial charge in [-0.05, 0) is 42.3 Å². The van der Waals surface area contributed by atoms with E-state index in [-0.39, 0.29) is 5.13 Å². The molecule has 0 aliphatic rings. The van der Waals surface area contributed by atoms with Crippen molar-refractivity contribution in [2.24, 2.45) is 0 Å². The SMILES string of the molecule is Cc1cc2ocnc2cc1-c1cnc(NC(=O)c2c(F)cccc2F)s1. The fourth-order valence-corrected chi connectivity index (χ4v) is 3.49. The quantitative estimate of drug-likeness (QED) is 0.562. The molecule has 0 aliphatic carbocycles. The van der Waals surface area contributed by atoms with Crippen molar-refractivity contribution >= 4 is 33.5 Å². The van der Waals surface area contributed by atoms with Gasteiger partial charge in [0.25, 0.3) is 5.91 Å². The van der Waals surface area contributed by atoms with Gasteiger partial charge in [-0.2, -0.15) is 0 Å². The highest BCUT2D eigenvalue weighted by Gasteiger charge is 2.19. The molecule has 0 spiro atoms. The number of halogens is 2. The Morgan fingerprint density at radius 3 is 2.73 bits per heavy atom. The number of fused-ring (bicyclic) bond motifs is 1. The highest BCUT2D eigenvalue weighted by molar-refractivity contribution is 7.19.